The SMILES string of the molecule is CNC1CCCCCCC(C)CCCCC1. The van der Waals surface area contributed by atoms with Gasteiger partial charge in [0.15, 0.2) is 0 Å². The summed E-state index contributed by atoms with van der Waals surface area (Å²) in [7, 11) is 2.13. The van der Waals surface area contributed by atoms with Crippen LogP contribution < -0.4 is 5.32 Å². The monoisotopic (exact) mass is 225 g/mol. The first-order valence-electron chi connectivity index (χ1n) is 7.50. The summed E-state index contributed by atoms with van der Waals surface area (Å²) in [5.74, 6) is 0.973. The molecule has 0 saturated heterocycles. The number of hydrogen-bond acceptors (Lipinski definition) is 1. The zero-order valence-electron chi connectivity index (χ0n) is 11.4. The van der Waals surface area contributed by atoms with Crippen LogP contribution in [-0.2, 0) is 0 Å². The zero-order valence-corrected chi connectivity index (χ0v) is 11.4. The fourth-order valence-corrected chi connectivity index (χ4v) is 2.87. The van der Waals surface area contributed by atoms with Crippen LogP contribution in [0.15, 0.2) is 0 Å². The molecule has 0 amide bonds. The predicted molar refractivity (Wildman–Crippen MR) is 72.8 cm³/mol. The van der Waals surface area contributed by atoms with Crippen LogP contribution in [0.5, 0.6) is 0 Å². The molecule has 2 unspecified atom stereocenters. The van der Waals surface area contributed by atoms with Crippen LogP contribution in [0.1, 0.15) is 77.6 Å². The van der Waals surface area contributed by atoms with Gasteiger partial charge < -0.3 is 5.32 Å². The van der Waals surface area contributed by atoms with Gasteiger partial charge in [-0.15, -0.1) is 0 Å². The molecule has 0 aromatic heterocycles. The Hall–Kier alpha value is -0.0400. The topological polar surface area (TPSA) is 12.0 Å². The summed E-state index contributed by atoms with van der Waals surface area (Å²) in [5, 5.41) is 3.48. The number of nitrogens with one attached hydrogen (secondary N) is 1. The van der Waals surface area contributed by atoms with Crippen LogP contribution in [0.25, 0.3) is 0 Å². The van der Waals surface area contributed by atoms with Gasteiger partial charge in [-0.3, -0.25) is 0 Å². The van der Waals surface area contributed by atoms with E-state index in [4.69, 9.17) is 0 Å². The summed E-state index contributed by atoms with van der Waals surface area (Å²) in [6.07, 6.45) is 15.9. The summed E-state index contributed by atoms with van der Waals surface area (Å²) < 4.78 is 0. The molecule has 0 aromatic rings. The lowest BCUT2D eigenvalue weighted by Crippen LogP contribution is -2.24. The summed E-state index contributed by atoms with van der Waals surface area (Å²) >= 11 is 0. The van der Waals surface area contributed by atoms with Crippen LogP contribution in [0.2, 0.25) is 0 Å². The van der Waals surface area contributed by atoms with Gasteiger partial charge in [0.1, 0.15) is 0 Å². The van der Waals surface area contributed by atoms with Crippen molar-refractivity contribution in [2.45, 2.75) is 83.6 Å². The summed E-state index contributed by atoms with van der Waals surface area (Å²) in [6, 6.07) is 0.790. The van der Waals surface area contributed by atoms with Crippen LogP contribution in [-0.4, -0.2) is 13.1 Å². The molecule has 1 N–H and O–H groups in total. The third-order valence-electron chi connectivity index (χ3n) is 4.16. The molecule has 0 radical (unpaired) electrons. The fourth-order valence-electron chi connectivity index (χ4n) is 2.87. The van der Waals surface area contributed by atoms with Gasteiger partial charge in [0.25, 0.3) is 0 Å². The van der Waals surface area contributed by atoms with E-state index in [-0.39, 0.29) is 0 Å². The first-order chi connectivity index (χ1) is 7.83. The van der Waals surface area contributed by atoms with Gasteiger partial charge in [-0.05, 0) is 25.8 Å². The van der Waals surface area contributed by atoms with Crippen molar-refractivity contribution in [3.8, 4) is 0 Å². The van der Waals surface area contributed by atoms with Gasteiger partial charge >= 0.3 is 0 Å². The summed E-state index contributed by atoms with van der Waals surface area (Å²) in [5.41, 5.74) is 0. The quantitative estimate of drug-likeness (QED) is 0.692. The minimum absolute atomic E-state index is 0.790. The van der Waals surface area contributed by atoms with Gasteiger partial charge in [0, 0.05) is 6.04 Å². The predicted octanol–water partition coefficient (Wildman–Crippen LogP) is 4.52. The van der Waals surface area contributed by atoms with E-state index in [1.165, 1.54) is 70.6 Å². The van der Waals surface area contributed by atoms with E-state index in [0.29, 0.717) is 0 Å². The van der Waals surface area contributed by atoms with Crippen molar-refractivity contribution < 1.29 is 0 Å². The second kappa shape index (κ2) is 9.04. The van der Waals surface area contributed by atoms with Crippen molar-refractivity contribution in [2.24, 2.45) is 5.92 Å². The Kier molecular flexibility index (Phi) is 7.92. The van der Waals surface area contributed by atoms with E-state index in [9.17, 15) is 0 Å². The van der Waals surface area contributed by atoms with E-state index in [1.54, 1.807) is 0 Å². The molecule has 0 bridgehead atoms. The molecule has 0 aromatic carbocycles. The van der Waals surface area contributed by atoms with E-state index in [2.05, 4.69) is 19.3 Å². The standard InChI is InChI=1S/C15H31N/c1-14-10-6-3-4-8-12-15(16-2)13-9-5-7-11-14/h14-16H,3-13H2,1-2H3. The maximum Gasteiger partial charge on any atom is 0.00640 e. The first-order valence-corrected chi connectivity index (χ1v) is 7.50. The third kappa shape index (κ3) is 6.52. The van der Waals surface area contributed by atoms with Crippen LogP contribution >= 0.6 is 0 Å². The highest BCUT2D eigenvalue weighted by molar-refractivity contribution is 4.66. The molecule has 16 heavy (non-hydrogen) atoms. The molecule has 1 aliphatic rings. The molecule has 1 aliphatic carbocycles. The highest BCUT2D eigenvalue weighted by Crippen LogP contribution is 2.20. The second-order valence-electron chi connectivity index (χ2n) is 5.72. The van der Waals surface area contributed by atoms with Crippen LogP contribution in [0.3, 0.4) is 0 Å². The van der Waals surface area contributed by atoms with Gasteiger partial charge in [0.05, 0.1) is 0 Å². The molecule has 96 valence electrons. The van der Waals surface area contributed by atoms with Crippen molar-refractivity contribution >= 4 is 0 Å². The van der Waals surface area contributed by atoms with E-state index in [1.807, 2.05) is 0 Å². The average Bonchev–Trinajstić information content (AvgIpc) is 2.31. The largest absolute Gasteiger partial charge is 0.317 e. The molecular formula is C15H31N. The molecule has 1 saturated carbocycles. The maximum atomic E-state index is 3.48. The highest BCUT2D eigenvalue weighted by atomic mass is 14.9. The zero-order chi connectivity index (χ0) is 11.6. The Morgan fingerprint density at radius 1 is 0.688 bits per heavy atom. The lowest BCUT2D eigenvalue weighted by atomic mass is 9.97. The number of hydrogen-bond donors (Lipinski definition) is 1. The third-order valence-corrected chi connectivity index (χ3v) is 4.16. The molecule has 1 heteroatoms. The van der Waals surface area contributed by atoms with E-state index in [0.717, 1.165) is 12.0 Å². The molecule has 0 spiro atoms. The van der Waals surface area contributed by atoms with Crippen molar-refractivity contribution in [3.63, 3.8) is 0 Å². The van der Waals surface area contributed by atoms with Crippen LogP contribution in [0, 0.1) is 5.92 Å². The number of rotatable bonds is 1. The molecule has 1 nitrogen and oxygen atoms in total. The van der Waals surface area contributed by atoms with E-state index < -0.39 is 0 Å². The molecule has 1 fully saturated rings. The highest BCUT2D eigenvalue weighted by Gasteiger charge is 2.08. The van der Waals surface area contributed by atoms with Gasteiger partial charge in [0.2, 0.25) is 0 Å². The van der Waals surface area contributed by atoms with Gasteiger partial charge in [-0.25, -0.2) is 0 Å². The Bertz CT molecular complexity index is 156. The lowest BCUT2D eigenvalue weighted by molar-refractivity contribution is 0.433. The normalized spacial score (nSPS) is 31.1. The van der Waals surface area contributed by atoms with Crippen molar-refractivity contribution in [1.29, 1.82) is 0 Å². The molecule has 2 atom stereocenters. The smallest absolute Gasteiger partial charge is 0.00640 e. The minimum atomic E-state index is 0.790. The van der Waals surface area contributed by atoms with Gasteiger partial charge in [-0.2, -0.15) is 0 Å². The Morgan fingerprint density at radius 2 is 1.12 bits per heavy atom. The van der Waals surface area contributed by atoms with Gasteiger partial charge in [-0.1, -0.05) is 64.7 Å². The van der Waals surface area contributed by atoms with E-state index >= 15 is 0 Å². The van der Waals surface area contributed by atoms with Crippen molar-refractivity contribution in [1.82, 2.24) is 5.32 Å². The average molecular weight is 225 g/mol. The molecular weight excluding hydrogens is 194 g/mol. The fraction of sp³-hybridized carbons (Fsp3) is 1.00. The molecule has 1 rings (SSSR count). The van der Waals surface area contributed by atoms with Crippen molar-refractivity contribution in [2.75, 3.05) is 7.05 Å². The van der Waals surface area contributed by atoms with Crippen LogP contribution in [0.4, 0.5) is 0 Å². The second-order valence-corrected chi connectivity index (χ2v) is 5.72. The summed E-state index contributed by atoms with van der Waals surface area (Å²) in [6.45, 7) is 2.44. The first kappa shape index (κ1) is 14.0. The van der Waals surface area contributed by atoms with Crippen molar-refractivity contribution in [3.05, 3.63) is 0 Å². The Morgan fingerprint density at radius 3 is 1.62 bits per heavy atom. The minimum Gasteiger partial charge on any atom is -0.317 e. The molecule has 0 aliphatic heterocycles. The molecule has 0 heterocycles. The lowest BCUT2D eigenvalue weighted by Gasteiger charge is -2.15. The summed E-state index contributed by atoms with van der Waals surface area (Å²) in [4.78, 5) is 0. The Labute approximate surface area is 102 Å². The Balaban J connectivity index is 2.25. The maximum absolute atomic E-state index is 3.48.